The second kappa shape index (κ2) is 5.60. The monoisotopic (exact) mass is 246 g/mol. The first kappa shape index (κ1) is 12.5. The molecule has 1 heterocycles. The summed E-state index contributed by atoms with van der Waals surface area (Å²) in [5.74, 6) is -0.306. The first-order valence-corrected chi connectivity index (χ1v) is 5.74. The number of halogens is 1. The normalized spacial score (nSPS) is 12.2. The first-order valence-electron chi connectivity index (χ1n) is 5.74. The van der Waals surface area contributed by atoms with Crippen LogP contribution in [0.2, 0.25) is 0 Å². The van der Waals surface area contributed by atoms with Gasteiger partial charge in [-0.15, -0.1) is 0 Å². The molecule has 4 heteroatoms. The maximum atomic E-state index is 13.1. The van der Waals surface area contributed by atoms with Crippen molar-refractivity contribution in [2.75, 3.05) is 11.9 Å². The molecular weight excluding hydrogens is 231 g/mol. The molecule has 0 fully saturated rings. The van der Waals surface area contributed by atoms with Crippen molar-refractivity contribution in [1.29, 1.82) is 0 Å². The molecule has 0 spiro atoms. The van der Waals surface area contributed by atoms with Gasteiger partial charge in [0.25, 0.3) is 0 Å². The summed E-state index contributed by atoms with van der Waals surface area (Å²) in [6.45, 7) is 1.87. The van der Waals surface area contributed by atoms with E-state index in [4.69, 9.17) is 0 Å². The number of aliphatic hydroxyl groups excluding tert-OH is 1. The Balaban J connectivity index is 2.23. The number of aromatic nitrogens is 1. The van der Waals surface area contributed by atoms with Gasteiger partial charge < -0.3 is 10.4 Å². The lowest BCUT2D eigenvalue weighted by atomic mass is 10.0. The predicted octanol–water partition coefficient (Wildman–Crippen LogP) is 2.67. The van der Waals surface area contributed by atoms with E-state index in [1.165, 1.54) is 12.1 Å². The molecule has 2 aromatic rings. The summed E-state index contributed by atoms with van der Waals surface area (Å²) in [6.07, 6.45) is 3.41. The van der Waals surface area contributed by atoms with Crippen LogP contribution < -0.4 is 5.32 Å². The molecule has 0 aliphatic heterocycles. The summed E-state index contributed by atoms with van der Waals surface area (Å²) >= 11 is 0. The van der Waals surface area contributed by atoms with Crippen molar-refractivity contribution in [3.63, 3.8) is 0 Å². The van der Waals surface area contributed by atoms with Gasteiger partial charge in [0.05, 0.1) is 12.6 Å². The number of aliphatic hydroxyl groups is 1. The fourth-order valence-electron chi connectivity index (χ4n) is 1.84. The molecule has 0 radical (unpaired) electrons. The maximum absolute atomic E-state index is 13.1. The van der Waals surface area contributed by atoms with E-state index in [0.717, 1.165) is 11.1 Å². The Morgan fingerprint density at radius 3 is 2.89 bits per heavy atom. The molecule has 1 aromatic carbocycles. The van der Waals surface area contributed by atoms with E-state index < -0.39 is 0 Å². The number of benzene rings is 1. The van der Waals surface area contributed by atoms with Crippen molar-refractivity contribution < 1.29 is 9.50 Å². The van der Waals surface area contributed by atoms with Crippen LogP contribution in [0, 0.1) is 12.7 Å². The van der Waals surface area contributed by atoms with Crippen molar-refractivity contribution >= 4 is 5.69 Å². The van der Waals surface area contributed by atoms with Crippen LogP contribution in [0.15, 0.2) is 42.7 Å². The molecule has 1 unspecified atom stereocenters. The van der Waals surface area contributed by atoms with E-state index in [1.807, 2.05) is 13.0 Å². The summed E-state index contributed by atoms with van der Waals surface area (Å²) < 4.78 is 13.1. The predicted molar refractivity (Wildman–Crippen MR) is 68.8 cm³/mol. The van der Waals surface area contributed by atoms with Gasteiger partial charge >= 0.3 is 0 Å². The summed E-state index contributed by atoms with van der Waals surface area (Å²) in [5, 5.41) is 12.5. The highest BCUT2D eigenvalue weighted by Crippen LogP contribution is 2.21. The van der Waals surface area contributed by atoms with E-state index >= 15 is 0 Å². The topological polar surface area (TPSA) is 45.2 Å². The molecule has 0 aliphatic rings. The average molecular weight is 246 g/mol. The highest BCUT2D eigenvalue weighted by molar-refractivity contribution is 5.46. The number of nitrogens with one attached hydrogen (secondary N) is 1. The maximum Gasteiger partial charge on any atom is 0.125 e. The molecule has 18 heavy (non-hydrogen) atoms. The van der Waals surface area contributed by atoms with Crippen molar-refractivity contribution in [3.05, 3.63) is 59.7 Å². The Bertz CT molecular complexity index is 531. The standard InChI is InChI=1S/C14H15FN2O/c1-10-5-6-16-8-13(10)14(9-18)17-12-4-2-3-11(15)7-12/h2-8,14,17-18H,9H2,1H3. The molecule has 0 amide bonds. The van der Waals surface area contributed by atoms with Gasteiger partial charge in [0.2, 0.25) is 0 Å². The molecular formula is C14H15FN2O. The molecule has 2 N–H and O–H groups in total. The fraction of sp³-hybridized carbons (Fsp3) is 0.214. The van der Waals surface area contributed by atoms with E-state index in [-0.39, 0.29) is 18.5 Å². The number of hydrogen-bond donors (Lipinski definition) is 2. The van der Waals surface area contributed by atoms with E-state index in [9.17, 15) is 9.50 Å². The molecule has 0 saturated heterocycles. The quantitative estimate of drug-likeness (QED) is 0.871. The van der Waals surface area contributed by atoms with Gasteiger partial charge in [-0.3, -0.25) is 4.98 Å². The SMILES string of the molecule is Cc1ccncc1C(CO)Nc1cccc(F)c1. The zero-order chi connectivity index (χ0) is 13.0. The van der Waals surface area contributed by atoms with Gasteiger partial charge in [-0.1, -0.05) is 6.07 Å². The molecule has 0 bridgehead atoms. The van der Waals surface area contributed by atoms with Gasteiger partial charge in [0, 0.05) is 18.1 Å². The summed E-state index contributed by atoms with van der Waals surface area (Å²) in [5.41, 5.74) is 2.58. The van der Waals surface area contributed by atoms with Gasteiger partial charge in [-0.05, 0) is 42.3 Å². The third-order valence-corrected chi connectivity index (χ3v) is 2.80. The third-order valence-electron chi connectivity index (χ3n) is 2.80. The Morgan fingerprint density at radius 2 is 2.22 bits per heavy atom. The van der Waals surface area contributed by atoms with Crippen LogP contribution in [0.5, 0.6) is 0 Å². The highest BCUT2D eigenvalue weighted by atomic mass is 19.1. The zero-order valence-electron chi connectivity index (χ0n) is 10.1. The number of nitrogens with zero attached hydrogens (tertiary/aromatic N) is 1. The van der Waals surface area contributed by atoms with Crippen LogP contribution in [-0.4, -0.2) is 16.7 Å². The van der Waals surface area contributed by atoms with E-state index in [0.29, 0.717) is 5.69 Å². The van der Waals surface area contributed by atoms with Crippen molar-refractivity contribution in [1.82, 2.24) is 4.98 Å². The second-order valence-electron chi connectivity index (χ2n) is 4.12. The Kier molecular flexibility index (Phi) is 3.89. The van der Waals surface area contributed by atoms with Crippen LogP contribution in [0.1, 0.15) is 17.2 Å². The number of pyridine rings is 1. The van der Waals surface area contributed by atoms with Crippen molar-refractivity contribution in [3.8, 4) is 0 Å². The minimum absolute atomic E-state index is 0.0803. The summed E-state index contributed by atoms with van der Waals surface area (Å²) in [7, 11) is 0. The van der Waals surface area contributed by atoms with Crippen LogP contribution >= 0.6 is 0 Å². The van der Waals surface area contributed by atoms with Crippen LogP contribution in [0.3, 0.4) is 0 Å². The lowest BCUT2D eigenvalue weighted by Crippen LogP contribution is -2.16. The van der Waals surface area contributed by atoms with Gasteiger partial charge in [-0.2, -0.15) is 0 Å². The Hall–Kier alpha value is -1.94. The van der Waals surface area contributed by atoms with Gasteiger partial charge in [-0.25, -0.2) is 4.39 Å². The molecule has 0 saturated carbocycles. The fourth-order valence-corrected chi connectivity index (χ4v) is 1.84. The van der Waals surface area contributed by atoms with E-state index in [2.05, 4.69) is 10.3 Å². The summed E-state index contributed by atoms with van der Waals surface area (Å²) in [4.78, 5) is 4.05. The Labute approximate surface area is 105 Å². The van der Waals surface area contributed by atoms with Gasteiger partial charge in [0.15, 0.2) is 0 Å². The van der Waals surface area contributed by atoms with Crippen molar-refractivity contribution in [2.24, 2.45) is 0 Å². The number of anilines is 1. The average Bonchev–Trinajstić information content (AvgIpc) is 2.37. The minimum Gasteiger partial charge on any atom is -0.394 e. The van der Waals surface area contributed by atoms with Crippen molar-refractivity contribution in [2.45, 2.75) is 13.0 Å². The lowest BCUT2D eigenvalue weighted by molar-refractivity contribution is 0.276. The van der Waals surface area contributed by atoms with E-state index in [1.54, 1.807) is 24.5 Å². The number of rotatable bonds is 4. The second-order valence-corrected chi connectivity index (χ2v) is 4.12. The molecule has 94 valence electrons. The number of aryl methyl sites for hydroxylation is 1. The molecule has 1 atom stereocenters. The van der Waals surface area contributed by atoms with Gasteiger partial charge in [0.1, 0.15) is 5.82 Å². The zero-order valence-corrected chi connectivity index (χ0v) is 10.1. The largest absolute Gasteiger partial charge is 0.394 e. The first-order chi connectivity index (χ1) is 8.70. The molecule has 2 rings (SSSR count). The third kappa shape index (κ3) is 2.84. The van der Waals surface area contributed by atoms with Crippen LogP contribution in [-0.2, 0) is 0 Å². The summed E-state index contributed by atoms with van der Waals surface area (Å²) in [6, 6.07) is 7.76. The lowest BCUT2D eigenvalue weighted by Gasteiger charge is -2.19. The minimum atomic E-state index is -0.306. The number of hydrogen-bond acceptors (Lipinski definition) is 3. The highest BCUT2D eigenvalue weighted by Gasteiger charge is 2.12. The van der Waals surface area contributed by atoms with Crippen LogP contribution in [0.25, 0.3) is 0 Å². The van der Waals surface area contributed by atoms with Crippen LogP contribution in [0.4, 0.5) is 10.1 Å². The Morgan fingerprint density at radius 1 is 1.39 bits per heavy atom. The molecule has 3 nitrogen and oxygen atoms in total. The molecule has 1 aromatic heterocycles. The molecule has 0 aliphatic carbocycles. The smallest absolute Gasteiger partial charge is 0.125 e.